The van der Waals surface area contributed by atoms with Gasteiger partial charge in [-0.1, -0.05) is 43.0 Å². The Morgan fingerprint density at radius 3 is 2.63 bits per heavy atom. The first-order valence-corrected chi connectivity index (χ1v) is 9.72. The minimum atomic E-state index is -0.399. The van der Waals surface area contributed by atoms with Crippen molar-refractivity contribution in [1.82, 2.24) is 9.55 Å². The van der Waals surface area contributed by atoms with Crippen molar-refractivity contribution in [3.05, 3.63) is 74.6 Å². The smallest absolute Gasteiger partial charge is 0.269 e. The molecule has 0 N–H and O–H groups in total. The van der Waals surface area contributed by atoms with Gasteiger partial charge in [-0.3, -0.25) is 19.5 Å². The van der Waals surface area contributed by atoms with E-state index in [-0.39, 0.29) is 22.5 Å². The van der Waals surface area contributed by atoms with Crippen LogP contribution in [0.5, 0.6) is 0 Å². The standard InChI is InChI=1S/C20H21N3O3S/c1-4-13(2)22-19(24)17-10-5-6-11-18(17)21-20(22)27-14(3)15-8-7-9-16(12-15)23(25)26/h5-14H,4H2,1-3H3/t13-,14-/m1/s1. The Labute approximate surface area is 161 Å². The second kappa shape index (κ2) is 7.92. The van der Waals surface area contributed by atoms with E-state index in [2.05, 4.69) is 0 Å². The highest BCUT2D eigenvalue weighted by Gasteiger charge is 2.19. The molecule has 1 heterocycles. The maximum absolute atomic E-state index is 13.0. The van der Waals surface area contributed by atoms with Gasteiger partial charge in [0, 0.05) is 23.4 Å². The van der Waals surface area contributed by atoms with Crippen LogP contribution in [0.3, 0.4) is 0 Å². The molecular formula is C20H21N3O3S. The van der Waals surface area contributed by atoms with Crippen molar-refractivity contribution >= 4 is 28.4 Å². The lowest BCUT2D eigenvalue weighted by Gasteiger charge is -2.20. The largest absolute Gasteiger partial charge is 0.284 e. The van der Waals surface area contributed by atoms with E-state index in [0.717, 1.165) is 12.0 Å². The summed E-state index contributed by atoms with van der Waals surface area (Å²) in [5, 5.41) is 12.2. The number of nitrogens with zero attached hydrogens (tertiary/aromatic N) is 3. The number of rotatable bonds is 6. The predicted octanol–water partition coefficient (Wildman–Crippen LogP) is 5.13. The molecule has 0 aliphatic rings. The second-order valence-corrected chi connectivity index (χ2v) is 7.76. The van der Waals surface area contributed by atoms with Gasteiger partial charge in [-0.05, 0) is 38.0 Å². The molecule has 0 amide bonds. The zero-order chi connectivity index (χ0) is 19.6. The normalized spacial score (nSPS) is 13.4. The fourth-order valence-electron chi connectivity index (χ4n) is 2.90. The molecule has 0 aliphatic carbocycles. The van der Waals surface area contributed by atoms with Gasteiger partial charge < -0.3 is 0 Å². The maximum atomic E-state index is 13.0. The molecule has 7 heteroatoms. The van der Waals surface area contributed by atoms with Crippen LogP contribution in [0.2, 0.25) is 0 Å². The molecular weight excluding hydrogens is 362 g/mol. The van der Waals surface area contributed by atoms with Crippen molar-refractivity contribution in [3.8, 4) is 0 Å². The summed E-state index contributed by atoms with van der Waals surface area (Å²) in [5.41, 5.74) is 1.50. The number of hydrogen-bond acceptors (Lipinski definition) is 5. The van der Waals surface area contributed by atoms with Gasteiger partial charge >= 0.3 is 0 Å². The molecule has 2 aromatic carbocycles. The molecule has 2 atom stereocenters. The monoisotopic (exact) mass is 383 g/mol. The summed E-state index contributed by atoms with van der Waals surface area (Å²) in [6, 6.07) is 13.9. The van der Waals surface area contributed by atoms with Gasteiger partial charge in [0.15, 0.2) is 5.16 Å². The zero-order valence-corrected chi connectivity index (χ0v) is 16.3. The summed E-state index contributed by atoms with van der Waals surface area (Å²) in [5.74, 6) is 0. The molecule has 0 spiro atoms. The SMILES string of the molecule is CC[C@@H](C)n1c(S[C@H](C)c2cccc([N+](=O)[O-])c2)nc2ccccc2c1=O. The van der Waals surface area contributed by atoms with Gasteiger partial charge in [0.25, 0.3) is 11.2 Å². The number of para-hydroxylation sites is 1. The number of benzene rings is 2. The van der Waals surface area contributed by atoms with Crippen molar-refractivity contribution < 1.29 is 4.92 Å². The molecule has 3 rings (SSSR count). The van der Waals surface area contributed by atoms with Gasteiger partial charge in [0.1, 0.15) is 0 Å². The Hall–Kier alpha value is -2.67. The molecule has 0 unspecified atom stereocenters. The van der Waals surface area contributed by atoms with Gasteiger partial charge in [-0.2, -0.15) is 0 Å². The molecule has 0 bridgehead atoms. The number of thioether (sulfide) groups is 1. The highest BCUT2D eigenvalue weighted by Crippen LogP contribution is 2.36. The van der Waals surface area contributed by atoms with E-state index in [1.165, 1.54) is 17.8 Å². The third kappa shape index (κ3) is 3.88. The van der Waals surface area contributed by atoms with Crippen LogP contribution >= 0.6 is 11.8 Å². The van der Waals surface area contributed by atoms with Crippen LogP contribution in [0.25, 0.3) is 10.9 Å². The molecule has 6 nitrogen and oxygen atoms in total. The van der Waals surface area contributed by atoms with Crippen molar-refractivity contribution in [1.29, 1.82) is 0 Å². The summed E-state index contributed by atoms with van der Waals surface area (Å²) >= 11 is 1.45. The fourth-order valence-corrected chi connectivity index (χ4v) is 4.02. The van der Waals surface area contributed by atoms with Crippen molar-refractivity contribution in [2.24, 2.45) is 0 Å². The molecule has 1 aromatic heterocycles. The fraction of sp³-hybridized carbons (Fsp3) is 0.300. The molecule has 0 saturated heterocycles. The molecule has 27 heavy (non-hydrogen) atoms. The zero-order valence-electron chi connectivity index (χ0n) is 15.5. The number of aromatic nitrogens is 2. The molecule has 0 aliphatic heterocycles. The van der Waals surface area contributed by atoms with Gasteiger partial charge in [0.2, 0.25) is 0 Å². The third-order valence-corrected chi connectivity index (χ3v) is 5.76. The van der Waals surface area contributed by atoms with E-state index >= 15 is 0 Å². The van der Waals surface area contributed by atoms with Crippen LogP contribution in [0.15, 0.2) is 58.5 Å². The van der Waals surface area contributed by atoms with E-state index in [0.29, 0.717) is 16.1 Å². The Bertz CT molecular complexity index is 1050. The quantitative estimate of drug-likeness (QED) is 0.255. The first-order valence-electron chi connectivity index (χ1n) is 8.84. The van der Waals surface area contributed by atoms with Gasteiger partial charge in [-0.15, -0.1) is 0 Å². The van der Waals surface area contributed by atoms with Crippen LogP contribution in [-0.2, 0) is 0 Å². The summed E-state index contributed by atoms with van der Waals surface area (Å²) in [6.07, 6.45) is 0.804. The van der Waals surface area contributed by atoms with E-state index in [1.807, 2.05) is 45.0 Å². The Morgan fingerprint density at radius 2 is 1.93 bits per heavy atom. The Balaban J connectivity index is 2.06. The second-order valence-electron chi connectivity index (χ2n) is 6.46. The van der Waals surface area contributed by atoms with Crippen molar-refractivity contribution in [3.63, 3.8) is 0 Å². The number of nitro groups is 1. The first kappa shape index (κ1) is 19.1. The molecule has 140 valence electrons. The van der Waals surface area contributed by atoms with Crippen molar-refractivity contribution in [2.45, 2.75) is 43.6 Å². The van der Waals surface area contributed by atoms with E-state index in [9.17, 15) is 14.9 Å². The molecule has 0 fully saturated rings. The Morgan fingerprint density at radius 1 is 1.19 bits per heavy atom. The van der Waals surface area contributed by atoms with Crippen LogP contribution in [0, 0.1) is 10.1 Å². The number of nitro benzene ring substituents is 1. The average molecular weight is 383 g/mol. The number of non-ortho nitro benzene ring substituents is 1. The van der Waals surface area contributed by atoms with Gasteiger partial charge in [0.05, 0.1) is 15.8 Å². The van der Waals surface area contributed by atoms with Crippen molar-refractivity contribution in [2.75, 3.05) is 0 Å². The highest BCUT2D eigenvalue weighted by atomic mass is 32.2. The summed E-state index contributed by atoms with van der Waals surface area (Å²) in [7, 11) is 0. The minimum absolute atomic E-state index is 0.00872. The number of hydrogen-bond donors (Lipinski definition) is 0. The summed E-state index contributed by atoms with van der Waals surface area (Å²) in [4.78, 5) is 28.4. The van der Waals surface area contributed by atoms with Crippen LogP contribution in [0.4, 0.5) is 5.69 Å². The highest BCUT2D eigenvalue weighted by molar-refractivity contribution is 7.99. The van der Waals surface area contributed by atoms with E-state index in [4.69, 9.17) is 4.98 Å². The van der Waals surface area contributed by atoms with E-state index < -0.39 is 4.92 Å². The molecule has 3 aromatic rings. The Kier molecular flexibility index (Phi) is 5.60. The minimum Gasteiger partial charge on any atom is -0.284 e. The van der Waals surface area contributed by atoms with Gasteiger partial charge in [-0.25, -0.2) is 4.98 Å². The van der Waals surface area contributed by atoms with Crippen LogP contribution in [0.1, 0.15) is 44.0 Å². The first-order chi connectivity index (χ1) is 12.9. The summed E-state index contributed by atoms with van der Waals surface area (Å²) in [6.45, 7) is 6.00. The average Bonchev–Trinajstić information content (AvgIpc) is 2.67. The van der Waals surface area contributed by atoms with Crippen LogP contribution < -0.4 is 5.56 Å². The van der Waals surface area contributed by atoms with E-state index in [1.54, 1.807) is 22.8 Å². The lowest BCUT2D eigenvalue weighted by molar-refractivity contribution is -0.384. The lowest BCUT2D eigenvalue weighted by atomic mass is 10.1. The topological polar surface area (TPSA) is 78.0 Å². The van der Waals surface area contributed by atoms with Crippen LogP contribution in [-0.4, -0.2) is 14.5 Å². The predicted molar refractivity (Wildman–Crippen MR) is 108 cm³/mol. The maximum Gasteiger partial charge on any atom is 0.269 e. The third-order valence-electron chi connectivity index (χ3n) is 4.64. The molecule has 0 radical (unpaired) electrons. The number of fused-ring (bicyclic) bond motifs is 1. The lowest BCUT2D eigenvalue weighted by Crippen LogP contribution is -2.26. The summed E-state index contributed by atoms with van der Waals surface area (Å²) < 4.78 is 1.74. The molecule has 0 saturated carbocycles.